The smallest absolute Gasteiger partial charge is 0.253 e. The molecule has 3 amide bonds. The number of carbonyl (C=O) groups is 3. The molecule has 3 aliphatic rings. The molecule has 39 heavy (non-hydrogen) atoms. The quantitative estimate of drug-likeness (QED) is 0.459. The van der Waals surface area contributed by atoms with Gasteiger partial charge in [-0.2, -0.15) is 0 Å². The van der Waals surface area contributed by atoms with Crippen LogP contribution in [-0.4, -0.2) is 71.7 Å². The predicted molar refractivity (Wildman–Crippen MR) is 149 cm³/mol. The van der Waals surface area contributed by atoms with Gasteiger partial charge in [-0.25, -0.2) is 0 Å². The highest BCUT2D eigenvalue weighted by molar-refractivity contribution is 6.30. The monoisotopic (exact) mass is 549 g/mol. The van der Waals surface area contributed by atoms with Gasteiger partial charge in [-0.15, -0.1) is 13.2 Å². The molecule has 2 aromatic rings. The van der Waals surface area contributed by atoms with E-state index in [-0.39, 0.29) is 44.0 Å². The van der Waals surface area contributed by atoms with Gasteiger partial charge in [-0.1, -0.05) is 42.0 Å². The molecule has 5 rings (SSSR count). The zero-order valence-electron chi connectivity index (χ0n) is 21.6. The number of benzene rings is 2. The van der Waals surface area contributed by atoms with Crippen LogP contribution in [0.4, 0.5) is 11.4 Å². The number of amides is 3. The summed E-state index contributed by atoms with van der Waals surface area (Å²) >= 11 is 6.08. The Morgan fingerprint density at radius 3 is 2.26 bits per heavy atom. The molecule has 8 nitrogen and oxygen atoms in total. The van der Waals surface area contributed by atoms with Crippen LogP contribution in [-0.2, 0) is 19.1 Å². The average molecular weight is 550 g/mol. The summed E-state index contributed by atoms with van der Waals surface area (Å²) < 4.78 is 6.53. The number of anilines is 2. The summed E-state index contributed by atoms with van der Waals surface area (Å²) in [7, 11) is 0. The van der Waals surface area contributed by atoms with Crippen molar-refractivity contribution in [1.29, 1.82) is 0 Å². The van der Waals surface area contributed by atoms with E-state index in [0.717, 1.165) is 0 Å². The van der Waals surface area contributed by atoms with E-state index in [0.29, 0.717) is 29.2 Å². The van der Waals surface area contributed by atoms with E-state index in [4.69, 9.17) is 16.3 Å². The molecule has 204 valence electrons. The average Bonchev–Trinajstić information content (AvgIpc) is 3.59. The molecule has 3 aliphatic heterocycles. The van der Waals surface area contributed by atoms with Gasteiger partial charge in [0.25, 0.3) is 5.91 Å². The molecule has 2 unspecified atom stereocenters. The molecule has 0 aromatic heterocycles. The number of fused-ring (bicyclic) bond motifs is 1. The molecule has 1 N–H and O–H groups in total. The summed E-state index contributed by atoms with van der Waals surface area (Å²) in [4.78, 5) is 47.0. The van der Waals surface area contributed by atoms with Crippen molar-refractivity contribution in [2.75, 3.05) is 36.0 Å². The van der Waals surface area contributed by atoms with Gasteiger partial charge in [0.1, 0.15) is 11.6 Å². The van der Waals surface area contributed by atoms with E-state index in [1.165, 1.54) is 4.90 Å². The fourth-order valence-electron chi connectivity index (χ4n) is 6.52. The first-order valence-corrected chi connectivity index (χ1v) is 13.5. The molecule has 3 heterocycles. The number of hydrogen-bond acceptors (Lipinski definition) is 5. The van der Waals surface area contributed by atoms with Crippen LogP contribution in [0.25, 0.3) is 0 Å². The number of halogens is 1. The zero-order valence-corrected chi connectivity index (χ0v) is 22.4. The Labute approximate surface area is 233 Å². The fraction of sp³-hybridized carbons (Fsp3) is 0.367. The summed E-state index contributed by atoms with van der Waals surface area (Å²) in [6, 6.07) is 15.1. The summed E-state index contributed by atoms with van der Waals surface area (Å²) in [5, 5.41) is 10.4. The second-order valence-electron chi connectivity index (χ2n) is 10.1. The van der Waals surface area contributed by atoms with Gasteiger partial charge in [0.15, 0.2) is 0 Å². The van der Waals surface area contributed by atoms with Crippen LogP contribution in [0.3, 0.4) is 0 Å². The number of para-hydroxylation sites is 1. The van der Waals surface area contributed by atoms with Gasteiger partial charge in [0.05, 0.1) is 24.5 Å². The van der Waals surface area contributed by atoms with Crippen molar-refractivity contribution in [2.45, 2.75) is 30.6 Å². The van der Waals surface area contributed by atoms with Gasteiger partial charge in [0, 0.05) is 36.0 Å². The lowest BCUT2D eigenvalue weighted by atomic mass is 9.70. The second-order valence-corrected chi connectivity index (χ2v) is 10.5. The molecule has 9 heteroatoms. The Bertz CT molecular complexity index is 1270. The minimum Gasteiger partial charge on any atom is -0.395 e. The van der Waals surface area contributed by atoms with Crippen molar-refractivity contribution >= 4 is 40.7 Å². The minimum absolute atomic E-state index is 0.0416. The molecule has 2 aromatic carbocycles. The fourth-order valence-corrected chi connectivity index (χ4v) is 6.65. The van der Waals surface area contributed by atoms with Crippen molar-refractivity contribution in [2.24, 2.45) is 11.8 Å². The SMILES string of the molecule is C=CCN(C(=O)C1N(CCO)C(=O)[C@@H]2[C@H](C(=O)N(CC=C)c3ccccc3)[C@@H]3CCC12O3)c1ccc(Cl)cc1. The van der Waals surface area contributed by atoms with E-state index in [1.807, 2.05) is 30.3 Å². The van der Waals surface area contributed by atoms with E-state index < -0.39 is 29.6 Å². The van der Waals surface area contributed by atoms with Crippen molar-refractivity contribution in [1.82, 2.24) is 4.90 Å². The summed E-state index contributed by atoms with van der Waals surface area (Å²) in [5.74, 6) is -2.51. The first-order chi connectivity index (χ1) is 18.9. The Balaban J connectivity index is 1.54. The number of hydrogen-bond donors (Lipinski definition) is 1. The number of carbonyl (C=O) groups excluding carboxylic acids is 3. The summed E-state index contributed by atoms with van der Waals surface area (Å²) in [6.07, 6.45) is 3.79. The zero-order chi connectivity index (χ0) is 27.7. The van der Waals surface area contributed by atoms with Gasteiger partial charge in [0.2, 0.25) is 11.8 Å². The maximum absolute atomic E-state index is 14.3. The summed E-state index contributed by atoms with van der Waals surface area (Å²) in [5.41, 5.74) is 0.128. The molecule has 3 saturated heterocycles. The Morgan fingerprint density at radius 2 is 1.64 bits per heavy atom. The van der Waals surface area contributed by atoms with E-state index in [2.05, 4.69) is 13.2 Å². The summed E-state index contributed by atoms with van der Waals surface area (Å²) in [6.45, 7) is 7.72. The number of β-amino-alcohol motifs (C(OH)–C–C–N with tert-alkyl or cyclic N) is 1. The van der Waals surface area contributed by atoms with Crippen LogP contribution in [0.15, 0.2) is 79.9 Å². The minimum atomic E-state index is -1.17. The number of aliphatic hydroxyl groups is 1. The van der Waals surface area contributed by atoms with Crippen LogP contribution >= 0.6 is 11.6 Å². The molecule has 1 spiro atoms. The van der Waals surface area contributed by atoms with Crippen LogP contribution in [0.2, 0.25) is 5.02 Å². The Morgan fingerprint density at radius 1 is 1.03 bits per heavy atom. The molecular weight excluding hydrogens is 518 g/mol. The van der Waals surface area contributed by atoms with Crippen molar-refractivity contribution in [3.05, 3.63) is 84.9 Å². The Hall–Kier alpha value is -3.46. The first-order valence-electron chi connectivity index (χ1n) is 13.1. The highest BCUT2D eigenvalue weighted by atomic mass is 35.5. The van der Waals surface area contributed by atoms with Gasteiger partial charge >= 0.3 is 0 Å². The third-order valence-electron chi connectivity index (χ3n) is 8.02. The number of likely N-dealkylation sites (tertiary alicyclic amines) is 1. The molecule has 2 bridgehead atoms. The van der Waals surface area contributed by atoms with Crippen molar-refractivity contribution in [3.63, 3.8) is 0 Å². The topological polar surface area (TPSA) is 90.4 Å². The predicted octanol–water partition coefficient (Wildman–Crippen LogP) is 3.45. The number of nitrogens with zero attached hydrogens (tertiary/aromatic N) is 3. The standard InChI is InChI=1S/C30H32ClN3O5/c1-3-16-32(21-8-6-5-7-9-21)27(36)24-23-14-15-30(39-23)25(24)28(37)34(18-19-35)26(30)29(38)33(17-4-2)22-12-10-20(31)11-13-22/h3-13,23-26,35H,1-2,14-19H2/t23-,24+,25-,26?,30?/m0/s1. The lowest BCUT2D eigenvalue weighted by Crippen LogP contribution is -2.57. The lowest BCUT2D eigenvalue weighted by molar-refractivity contribution is -0.141. The Kier molecular flexibility index (Phi) is 7.62. The molecule has 0 saturated carbocycles. The third kappa shape index (κ3) is 4.46. The van der Waals surface area contributed by atoms with Crippen molar-refractivity contribution < 1.29 is 24.2 Å². The number of ether oxygens (including phenoxy) is 1. The van der Waals surface area contributed by atoms with Crippen LogP contribution in [0.1, 0.15) is 12.8 Å². The van der Waals surface area contributed by atoms with Gasteiger partial charge in [-0.3, -0.25) is 14.4 Å². The van der Waals surface area contributed by atoms with E-state index >= 15 is 0 Å². The van der Waals surface area contributed by atoms with E-state index in [9.17, 15) is 19.5 Å². The largest absolute Gasteiger partial charge is 0.395 e. The maximum Gasteiger partial charge on any atom is 0.253 e. The second kappa shape index (κ2) is 11.0. The normalized spacial score (nSPS) is 26.8. The molecule has 3 fully saturated rings. The van der Waals surface area contributed by atoms with Crippen LogP contribution < -0.4 is 9.80 Å². The highest BCUT2D eigenvalue weighted by Gasteiger charge is 2.75. The lowest BCUT2D eigenvalue weighted by Gasteiger charge is -2.36. The molecular formula is C30H32ClN3O5. The van der Waals surface area contributed by atoms with Crippen LogP contribution in [0.5, 0.6) is 0 Å². The number of aliphatic hydroxyl groups excluding tert-OH is 1. The van der Waals surface area contributed by atoms with Crippen LogP contribution in [0, 0.1) is 11.8 Å². The van der Waals surface area contributed by atoms with Gasteiger partial charge in [-0.05, 0) is 49.2 Å². The third-order valence-corrected chi connectivity index (χ3v) is 8.27. The van der Waals surface area contributed by atoms with E-state index in [1.54, 1.807) is 46.2 Å². The first kappa shape index (κ1) is 27.1. The van der Waals surface area contributed by atoms with Crippen molar-refractivity contribution in [3.8, 4) is 0 Å². The molecule has 5 atom stereocenters. The maximum atomic E-state index is 14.3. The highest BCUT2D eigenvalue weighted by Crippen LogP contribution is 2.59. The molecule has 0 aliphatic carbocycles. The molecule has 0 radical (unpaired) electrons. The number of rotatable bonds is 10. The van der Waals surface area contributed by atoms with Gasteiger partial charge < -0.3 is 24.5 Å².